The van der Waals surface area contributed by atoms with Crippen molar-refractivity contribution >= 4 is 13.8 Å². The van der Waals surface area contributed by atoms with Crippen molar-refractivity contribution in [3.8, 4) is 0 Å². The van der Waals surface area contributed by atoms with E-state index in [0.717, 1.165) is 57.8 Å². The molecule has 0 fully saturated rings. The number of quaternary nitrogens is 1. The van der Waals surface area contributed by atoms with Gasteiger partial charge in [-0.25, -0.2) is 0 Å². The Bertz CT molecular complexity index is 762. The maximum absolute atomic E-state index is 12.5. The van der Waals surface area contributed by atoms with Crippen LogP contribution in [0, 0.1) is 0 Å². The third-order valence-corrected chi connectivity index (χ3v) is 7.17. The molecule has 0 aromatic heterocycles. The lowest BCUT2D eigenvalue weighted by Gasteiger charge is -2.28. The summed E-state index contributed by atoms with van der Waals surface area (Å²) in [5.41, 5.74) is 0. The maximum atomic E-state index is 12.5. The molecule has 0 saturated carbocycles. The van der Waals surface area contributed by atoms with E-state index in [9.17, 15) is 14.3 Å². The summed E-state index contributed by atoms with van der Waals surface area (Å²) in [5.74, 6) is -0.369. The molecule has 0 amide bonds. The van der Waals surface area contributed by atoms with E-state index in [4.69, 9.17) is 18.5 Å². The first kappa shape index (κ1) is 39.7. The number of ether oxygens (including phenoxy) is 2. The fourth-order valence-electron chi connectivity index (χ4n) is 3.73. The quantitative estimate of drug-likeness (QED) is 0.0306. The minimum absolute atomic E-state index is 0.0196. The first-order valence-electron chi connectivity index (χ1n) is 15.7. The lowest BCUT2D eigenvalue weighted by atomic mass is 10.1. The van der Waals surface area contributed by atoms with Gasteiger partial charge < -0.3 is 27.9 Å². The molecule has 0 spiro atoms. The summed E-state index contributed by atoms with van der Waals surface area (Å²) < 4.78 is 34.0. The zero-order valence-electron chi connectivity index (χ0n) is 26.7. The van der Waals surface area contributed by atoms with Gasteiger partial charge in [-0.1, -0.05) is 88.8 Å². The first-order chi connectivity index (χ1) is 19.6. The smallest absolute Gasteiger partial charge is 0.306 e. The van der Waals surface area contributed by atoms with E-state index < -0.39 is 13.9 Å². The highest BCUT2D eigenvalue weighted by atomic mass is 31.2. The average molecular weight is 602 g/mol. The predicted octanol–water partition coefficient (Wildman–Crippen LogP) is 7.29. The zero-order valence-corrected chi connectivity index (χ0v) is 27.6. The van der Waals surface area contributed by atoms with E-state index in [2.05, 4.69) is 50.3 Å². The van der Waals surface area contributed by atoms with Crippen LogP contribution in [-0.2, 0) is 27.9 Å². The molecule has 0 aromatic rings. The number of phosphoric acid groups is 1. The second-order valence-corrected chi connectivity index (χ2v) is 12.8. The molecule has 0 aliphatic heterocycles. The summed E-state index contributed by atoms with van der Waals surface area (Å²) in [7, 11) is 1.33. The minimum Gasteiger partial charge on any atom is -0.756 e. The molecule has 0 bridgehead atoms. The number of carbonyl (C=O) groups excluding carboxylic acids is 1. The fourth-order valence-corrected chi connectivity index (χ4v) is 4.46. The van der Waals surface area contributed by atoms with Crippen LogP contribution in [0.4, 0.5) is 0 Å². The second kappa shape index (κ2) is 26.4. The van der Waals surface area contributed by atoms with E-state index in [0.29, 0.717) is 17.6 Å². The molecule has 0 rings (SSSR count). The van der Waals surface area contributed by atoms with Gasteiger partial charge in [0.2, 0.25) is 0 Å². The molecule has 0 aliphatic carbocycles. The van der Waals surface area contributed by atoms with Crippen LogP contribution in [0.1, 0.15) is 104 Å². The summed E-state index contributed by atoms with van der Waals surface area (Å²) in [5, 5.41) is 0. The molecule has 0 saturated heterocycles. The van der Waals surface area contributed by atoms with Crippen LogP contribution >= 0.6 is 7.82 Å². The van der Waals surface area contributed by atoms with Crippen LogP contribution in [0.25, 0.3) is 0 Å². The van der Waals surface area contributed by atoms with Crippen molar-refractivity contribution in [3.05, 3.63) is 36.5 Å². The number of unbranched alkanes of at least 4 members (excludes halogenated alkanes) is 8. The van der Waals surface area contributed by atoms with Gasteiger partial charge in [-0.2, -0.15) is 0 Å². The van der Waals surface area contributed by atoms with Crippen molar-refractivity contribution in [2.75, 3.05) is 54.1 Å². The van der Waals surface area contributed by atoms with Crippen molar-refractivity contribution in [2.24, 2.45) is 0 Å². The summed E-state index contributed by atoms with van der Waals surface area (Å²) in [6.45, 7) is 5.16. The number of phosphoric ester groups is 1. The average Bonchev–Trinajstić information content (AvgIpc) is 2.90. The number of allylic oxidation sites excluding steroid dienone is 6. The van der Waals surface area contributed by atoms with Crippen molar-refractivity contribution < 1.29 is 37.3 Å². The fraction of sp³-hybridized carbons (Fsp3) is 0.781. The molecule has 41 heavy (non-hydrogen) atoms. The number of carbonyl (C=O) groups is 1. The first-order valence-corrected chi connectivity index (χ1v) is 17.2. The van der Waals surface area contributed by atoms with Crippen molar-refractivity contribution in [3.63, 3.8) is 0 Å². The molecule has 0 aromatic carbocycles. The highest BCUT2D eigenvalue weighted by Crippen LogP contribution is 2.38. The molecule has 0 radical (unpaired) electrons. The second-order valence-electron chi connectivity index (χ2n) is 11.4. The van der Waals surface area contributed by atoms with Gasteiger partial charge >= 0.3 is 5.97 Å². The Kier molecular flexibility index (Phi) is 25.5. The highest BCUT2D eigenvalue weighted by Gasteiger charge is 2.20. The Morgan fingerprint density at radius 3 is 2.10 bits per heavy atom. The van der Waals surface area contributed by atoms with E-state index in [1.165, 1.54) is 25.7 Å². The molecular weight excluding hydrogens is 541 g/mol. The van der Waals surface area contributed by atoms with Crippen LogP contribution in [0.15, 0.2) is 36.5 Å². The normalized spacial score (nSPS) is 14.8. The van der Waals surface area contributed by atoms with Crippen molar-refractivity contribution in [1.82, 2.24) is 0 Å². The van der Waals surface area contributed by atoms with Gasteiger partial charge in [0.25, 0.3) is 7.82 Å². The summed E-state index contributed by atoms with van der Waals surface area (Å²) in [6, 6.07) is 0. The lowest BCUT2D eigenvalue weighted by molar-refractivity contribution is -0.870. The van der Waals surface area contributed by atoms with Gasteiger partial charge in [0.1, 0.15) is 19.3 Å². The van der Waals surface area contributed by atoms with E-state index in [1.54, 1.807) is 0 Å². The van der Waals surface area contributed by atoms with Gasteiger partial charge in [-0.15, -0.1) is 0 Å². The molecule has 240 valence electrons. The summed E-state index contributed by atoms with van der Waals surface area (Å²) in [4.78, 5) is 24.7. The Morgan fingerprint density at radius 2 is 1.41 bits per heavy atom. The van der Waals surface area contributed by atoms with Crippen molar-refractivity contribution in [1.29, 1.82) is 0 Å². The van der Waals surface area contributed by atoms with Crippen LogP contribution < -0.4 is 4.89 Å². The predicted molar refractivity (Wildman–Crippen MR) is 167 cm³/mol. The zero-order chi connectivity index (χ0) is 30.7. The van der Waals surface area contributed by atoms with Gasteiger partial charge in [-0.05, 0) is 44.9 Å². The molecule has 8 nitrogen and oxygen atoms in total. The van der Waals surface area contributed by atoms with Gasteiger partial charge in [-0.3, -0.25) is 9.36 Å². The van der Waals surface area contributed by atoms with E-state index in [-0.39, 0.29) is 32.2 Å². The third kappa shape index (κ3) is 30.0. The molecule has 0 aliphatic rings. The molecule has 2 atom stereocenters. The van der Waals surface area contributed by atoms with E-state index in [1.807, 2.05) is 21.1 Å². The Balaban J connectivity index is 4.41. The molecule has 9 heteroatoms. The lowest BCUT2D eigenvalue weighted by Crippen LogP contribution is -2.37. The van der Waals surface area contributed by atoms with E-state index >= 15 is 0 Å². The maximum Gasteiger partial charge on any atom is 0.306 e. The molecule has 2 unspecified atom stereocenters. The number of hydrogen-bond donors (Lipinski definition) is 0. The van der Waals surface area contributed by atoms with Gasteiger partial charge in [0.05, 0.1) is 34.4 Å². The number of likely N-dealkylation sites (N-methyl/N-ethyl adjacent to an activating group) is 1. The third-order valence-electron chi connectivity index (χ3n) is 6.21. The van der Waals surface area contributed by atoms with Crippen LogP contribution in [0.2, 0.25) is 0 Å². The van der Waals surface area contributed by atoms with Crippen LogP contribution in [0.5, 0.6) is 0 Å². The Hall–Kier alpha value is -1.28. The van der Waals surface area contributed by atoms with Gasteiger partial charge in [0.15, 0.2) is 0 Å². The Morgan fingerprint density at radius 1 is 0.780 bits per heavy atom. The number of rotatable bonds is 28. The van der Waals surface area contributed by atoms with Gasteiger partial charge in [0, 0.05) is 13.0 Å². The number of esters is 1. The van der Waals surface area contributed by atoms with Crippen LogP contribution in [0.3, 0.4) is 0 Å². The molecule has 0 N–H and O–H groups in total. The Labute approximate surface area is 251 Å². The highest BCUT2D eigenvalue weighted by molar-refractivity contribution is 7.45. The van der Waals surface area contributed by atoms with Crippen molar-refractivity contribution in [2.45, 2.75) is 110 Å². The largest absolute Gasteiger partial charge is 0.756 e. The minimum atomic E-state index is -4.51. The number of hydrogen-bond acceptors (Lipinski definition) is 7. The number of nitrogens with zero attached hydrogens (tertiary/aromatic N) is 1. The monoisotopic (exact) mass is 601 g/mol. The molecule has 0 heterocycles. The summed E-state index contributed by atoms with van der Waals surface area (Å²) >= 11 is 0. The topological polar surface area (TPSA) is 94.1 Å². The summed E-state index contributed by atoms with van der Waals surface area (Å²) in [6.07, 6.45) is 26.0. The standard InChI is InChI=1S/C32H60NO7P/c1-6-8-10-12-14-15-16-17-18-19-20-21-23-25-32(34)40-31(29-37-27-24-22-13-11-9-7-2)30-39-41(35,36)38-28-26-33(3,4)5/h8,10,14-15,17-18,31H,6-7,9,11-13,16,19-30H2,1-5H3/b10-8-,15-14-,18-17-. The van der Waals surface area contributed by atoms with Crippen LogP contribution in [-0.4, -0.2) is 70.7 Å². The molecular formula is C32H60NO7P. The SMILES string of the molecule is CC/C=C\C/C=C\C/C=C\CCCCCC(=O)OC(COCCCCCCCC)COP(=O)([O-])OCC[N+](C)(C)C.